The Morgan fingerprint density at radius 3 is 1.95 bits per heavy atom. The molecule has 1 N–H and O–H groups in total. The summed E-state index contributed by atoms with van der Waals surface area (Å²) in [5.74, 6) is 0.607. The van der Waals surface area contributed by atoms with E-state index in [1.807, 2.05) is 62.4 Å². The van der Waals surface area contributed by atoms with Crippen molar-refractivity contribution in [3.63, 3.8) is 0 Å². The second-order valence-corrected chi connectivity index (χ2v) is 10.3. The van der Waals surface area contributed by atoms with Crippen molar-refractivity contribution in [1.82, 2.24) is 0 Å². The minimum absolute atomic E-state index is 0.607. The van der Waals surface area contributed by atoms with Crippen molar-refractivity contribution in [3.8, 4) is 5.75 Å². The minimum atomic E-state index is -2.92. The lowest BCUT2D eigenvalue weighted by Crippen LogP contribution is -1.88. The number of aryl methyl sites for hydroxylation is 2. The molecule has 0 fully saturated rings. The third-order valence-electron chi connectivity index (χ3n) is 2.48. The molecule has 0 aliphatic carbocycles. The highest BCUT2D eigenvalue weighted by Crippen LogP contribution is 2.59. The first-order valence-corrected chi connectivity index (χ1v) is 9.89. The van der Waals surface area contributed by atoms with Crippen LogP contribution in [0.3, 0.4) is 0 Å². The third kappa shape index (κ3) is 4.66. The topological polar surface area (TPSA) is 29.5 Å². The summed E-state index contributed by atoms with van der Waals surface area (Å²) in [6.07, 6.45) is 0. The Morgan fingerprint density at radius 2 is 1.42 bits per heavy atom. The zero-order chi connectivity index (χ0) is 13.9. The Morgan fingerprint density at radius 1 is 0.947 bits per heavy atom. The summed E-state index contributed by atoms with van der Waals surface area (Å²) < 4.78 is 5.54. The van der Waals surface area contributed by atoms with E-state index in [4.69, 9.17) is 16.3 Å². The van der Waals surface area contributed by atoms with E-state index in [0.717, 1.165) is 10.5 Å². The van der Waals surface area contributed by atoms with Crippen LogP contribution in [0.5, 0.6) is 5.75 Å². The molecule has 2 aromatic carbocycles. The van der Waals surface area contributed by atoms with E-state index < -0.39 is 5.69 Å². The Hall–Kier alpha value is -0.800. The molecule has 5 heteroatoms. The van der Waals surface area contributed by atoms with Crippen molar-refractivity contribution in [2.24, 2.45) is 0 Å². The van der Waals surface area contributed by atoms with Gasteiger partial charge in [0.2, 0.25) is 0 Å². The Kier molecular flexibility index (Phi) is 4.69. The minimum Gasteiger partial charge on any atom is -0.436 e. The SMILES string of the molecule is Cc1ccc(OP(O)(=S)Sc2ccc(C)cc2)cc1. The van der Waals surface area contributed by atoms with Crippen LogP contribution in [-0.2, 0) is 11.8 Å². The monoisotopic (exact) mass is 310 g/mol. The van der Waals surface area contributed by atoms with Gasteiger partial charge >= 0.3 is 0 Å². The van der Waals surface area contributed by atoms with Gasteiger partial charge in [-0.2, -0.15) is 0 Å². The Balaban J connectivity index is 2.08. The van der Waals surface area contributed by atoms with Crippen molar-refractivity contribution < 1.29 is 9.42 Å². The molecule has 19 heavy (non-hydrogen) atoms. The van der Waals surface area contributed by atoms with Gasteiger partial charge in [0, 0.05) is 4.90 Å². The third-order valence-corrected chi connectivity index (χ3v) is 6.08. The summed E-state index contributed by atoms with van der Waals surface area (Å²) in [7, 11) is 0. The number of hydrogen-bond donors (Lipinski definition) is 1. The average molecular weight is 310 g/mol. The molecule has 0 saturated heterocycles. The molecule has 0 amide bonds. The highest BCUT2D eigenvalue weighted by atomic mass is 32.9. The molecule has 100 valence electrons. The molecule has 2 aromatic rings. The standard InChI is InChI=1S/C14H15O2PS2/c1-11-3-7-13(8-4-11)16-17(15,18)19-14-9-5-12(2)6-10-14/h3-10H,1-2H3,(H,15,18). The molecule has 0 aliphatic rings. The fraction of sp³-hybridized carbons (Fsp3) is 0.143. The first-order valence-electron chi connectivity index (χ1n) is 5.80. The Labute approximate surface area is 122 Å². The van der Waals surface area contributed by atoms with Crippen LogP contribution in [-0.4, -0.2) is 4.89 Å². The molecule has 0 heterocycles. The normalized spacial score (nSPS) is 13.8. The molecule has 2 nitrogen and oxygen atoms in total. The molecule has 0 aromatic heterocycles. The second-order valence-electron chi connectivity index (χ2n) is 4.28. The van der Waals surface area contributed by atoms with E-state index >= 15 is 0 Å². The molecular weight excluding hydrogens is 295 g/mol. The summed E-state index contributed by atoms with van der Waals surface area (Å²) in [6.45, 7) is 4.02. The van der Waals surface area contributed by atoms with Gasteiger partial charge in [0.1, 0.15) is 5.75 Å². The van der Waals surface area contributed by atoms with Gasteiger partial charge < -0.3 is 9.42 Å². The lowest BCUT2D eigenvalue weighted by molar-refractivity contribution is 0.504. The zero-order valence-electron chi connectivity index (χ0n) is 10.7. The zero-order valence-corrected chi connectivity index (χ0v) is 13.3. The molecule has 1 unspecified atom stereocenters. The van der Waals surface area contributed by atoms with Crippen molar-refractivity contribution >= 4 is 28.9 Å². The second kappa shape index (κ2) is 6.10. The van der Waals surface area contributed by atoms with Crippen molar-refractivity contribution in [1.29, 1.82) is 0 Å². The van der Waals surface area contributed by atoms with Crippen LogP contribution in [0.15, 0.2) is 53.4 Å². The molecule has 0 bridgehead atoms. The van der Waals surface area contributed by atoms with E-state index in [0.29, 0.717) is 5.75 Å². The van der Waals surface area contributed by atoms with Crippen LogP contribution in [0.4, 0.5) is 0 Å². The quantitative estimate of drug-likeness (QED) is 0.830. The van der Waals surface area contributed by atoms with Gasteiger partial charge in [0.15, 0.2) is 0 Å². The van der Waals surface area contributed by atoms with Crippen LogP contribution in [0.25, 0.3) is 0 Å². The van der Waals surface area contributed by atoms with Crippen molar-refractivity contribution in [2.75, 3.05) is 0 Å². The van der Waals surface area contributed by atoms with E-state index in [1.165, 1.54) is 16.9 Å². The maximum atomic E-state index is 10.2. The summed E-state index contributed by atoms with van der Waals surface area (Å²) in [5, 5.41) is 0. The molecule has 2 rings (SSSR count). The van der Waals surface area contributed by atoms with Crippen LogP contribution in [0.1, 0.15) is 11.1 Å². The first-order chi connectivity index (χ1) is 8.94. The first kappa shape index (κ1) is 14.6. The van der Waals surface area contributed by atoms with E-state index in [2.05, 4.69) is 0 Å². The lowest BCUT2D eigenvalue weighted by atomic mass is 10.2. The fourth-order valence-electron chi connectivity index (χ4n) is 1.48. The van der Waals surface area contributed by atoms with Crippen LogP contribution >= 0.6 is 17.1 Å². The van der Waals surface area contributed by atoms with E-state index in [-0.39, 0.29) is 0 Å². The summed E-state index contributed by atoms with van der Waals surface area (Å²) in [6, 6.07) is 15.4. The lowest BCUT2D eigenvalue weighted by Gasteiger charge is -2.16. The van der Waals surface area contributed by atoms with Gasteiger partial charge in [-0.25, -0.2) is 0 Å². The maximum Gasteiger partial charge on any atom is 0.299 e. The number of benzene rings is 2. The van der Waals surface area contributed by atoms with Gasteiger partial charge in [-0.3, -0.25) is 0 Å². The highest BCUT2D eigenvalue weighted by molar-refractivity contribution is 8.67. The van der Waals surface area contributed by atoms with Gasteiger partial charge in [-0.15, -0.1) is 0 Å². The maximum absolute atomic E-state index is 10.2. The molecule has 0 saturated carbocycles. The van der Waals surface area contributed by atoms with Gasteiger partial charge in [-0.05, 0) is 61.3 Å². The van der Waals surface area contributed by atoms with Crippen LogP contribution < -0.4 is 4.52 Å². The van der Waals surface area contributed by atoms with E-state index in [1.54, 1.807) is 0 Å². The van der Waals surface area contributed by atoms with Crippen LogP contribution in [0.2, 0.25) is 0 Å². The summed E-state index contributed by atoms with van der Waals surface area (Å²) in [5.41, 5.74) is -0.597. The van der Waals surface area contributed by atoms with Gasteiger partial charge in [0.25, 0.3) is 5.69 Å². The van der Waals surface area contributed by atoms with E-state index in [9.17, 15) is 4.89 Å². The fourth-order valence-corrected chi connectivity index (χ4v) is 5.00. The highest BCUT2D eigenvalue weighted by Gasteiger charge is 2.17. The van der Waals surface area contributed by atoms with Gasteiger partial charge in [0.05, 0.1) is 0 Å². The van der Waals surface area contributed by atoms with Crippen molar-refractivity contribution in [2.45, 2.75) is 18.7 Å². The van der Waals surface area contributed by atoms with Crippen LogP contribution in [0, 0.1) is 13.8 Å². The molecule has 0 radical (unpaired) electrons. The summed E-state index contributed by atoms with van der Waals surface area (Å²) >= 11 is 6.39. The largest absolute Gasteiger partial charge is 0.436 e. The molecule has 0 aliphatic heterocycles. The summed E-state index contributed by atoms with van der Waals surface area (Å²) in [4.78, 5) is 11.1. The molecule has 1 atom stereocenters. The predicted molar refractivity (Wildman–Crippen MR) is 85.3 cm³/mol. The molecule has 0 spiro atoms. The predicted octanol–water partition coefficient (Wildman–Crippen LogP) is 4.69. The number of hydrogen-bond acceptors (Lipinski definition) is 3. The number of rotatable bonds is 4. The molecular formula is C14H15O2PS2. The average Bonchev–Trinajstić information content (AvgIpc) is 2.34. The Bertz CT molecular complexity index is 542. The smallest absolute Gasteiger partial charge is 0.299 e. The van der Waals surface area contributed by atoms with Crippen molar-refractivity contribution in [3.05, 3.63) is 59.7 Å². The van der Waals surface area contributed by atoms with Gasteiger partial charge in [-0.1, -0.05) is 35.4 Å².